The summed E-state index contributed by atoms with van der Waals surface area (Å²) in [6.45, 7) is 12.9. The van der Waals surface area contributed by atoms with Gasteiger partial charge in [-0.25, -0.2) is 0 Å². The van der Waals surface area contributed by atoms with Crippen molar-refractivity contribution in [2.24, 2.45) is 0 Å². The predicted octanol–water partition coefficient (Wildman–Crippen LogP) is 4.41. The van der Waals surface area contributed by atoms with Crippen molar-refractivity contribution < 1.29 is 9.59 Å². The second-order valence-electron chi connectivity index (χ2n) is 7.25. The van der Waals surface area contributed by atoms with Crippen LogP contribution in [0.25, 0.3) is 0 Å². The minimum Gasteiger partial charge on any atom is -0.334 e. The smallest absolute Gasteiger partial charge is 0.237 e. The van der Waals surface area contributed by atoms with E-state index in [0.29, 0.717) is 19.6 Å². The Bertz CT molecular complexity index is 854. The average Bonchev–Trinajstić information content (AvgIpc) is 2.73. The van der Waals surface area contributed by atoms with E-state index in [4.69, 9.17) is 0 Å². The Balaban J connectivity index is 2.28. The van der Waals surface area contributed by atoms with Gasteiger partial charge in [0.15, 0.2) is 0 Å². The van der Waals surface area contributed by atoms with E-state index < -0.39 is 0 Å². The summed E-state index contributed by atoms with van der Waals surface area (Å²) in [5.41, 5.74) is 2.91. The van der Waals surface area contributed by atoms with Crippen molar-refractivity contribution in [2.75, 3.05) is 25.0 Å². The molecule has 2 aromatic rings. The van der Waals surface area contributed by atoms with Crippen LogP contribution < -0.4 is 5.32 Å². The van der Waals surface area contributed by atoms with E-state index in [1.165, 1.54) is 6.92 Å². The molecule has 5 nitrogen and oxygen atoms in total. The van der Waals surface area contributed by atoms with Gasteiger partial charge in [0.1, 0.15) is 0 Å². The first-order valence-corrected chi connectivity index (χ1v) is 10.1. The zero-order valence-electron chi connectivity index (χ0n) is 17.9. The van der Waals surface area contributed by atoms with Gasteiger partial charge in [0.2, 0.25) is 11.8 Å². The van der Waals surface area contributed by atoms with Crippen molar-refractivity contribution in [3.63, 3.8) is 0 Å². The summed E-state index contributed by atoms with van der Waals surface area (Å²) in [4.78, 5) is 28.3. The Labute approximate surface area is 179 Å². The molecule has 5 heteroatoms. The molecule has 0 heterocycles. The van der Waals surface area contributed by atoms with E-state index in [0.717, 1.165) is 16.8 Å². The van der Waals surface area contributed by atoms with E-state index >= 15 is 0 Å². The van der Waals surface area contributed by atoms with Gasteiger partial charge in [-0.1, -0.05) is 54.6 Å². The number of nitrogens with one attached hydrogen (secondary N) is 1. The van der Waals surface area contributed by atoms with Crippen molar-refractivity contribution in [1.82, 2.24) is 9.80 Å². The summed E-state index contributed by atoms with van der Waals surface area (Å²) in [7, 11) is 0. The molecule has 0 bridgehead atoms. The molecule has 1 N–H and O–H groups in total. The molecule has 2 rings (SSSR count). The van der Waals surface area contributed by atoms with Crippen molar-refractivity contribution >= 4 is 17.5 Å². The molecule has 0 aliphatic heterocycles. The lowest BCUT2D eigenvalue weighted by Gasteiger charge is -2.31. The molecule has 0 saturated carbocycles. The highest BCUT2D eigenvalue weighted by Gasteiger charge is 2.22. The summed E-state index contributed by atoms with van der Waals surface area (Å²) in [6.07, 6.45) is 3.45. The number of hydrogen-bond donors (Lipinski definition) is 1. The van der Waals surface area contributed by atoms with Crippen LogP contribution in [0.15, 0.2) is 79.9 Å². The van der Waals surface area contributed by atoms with Crippen LogP contribution in [0.2, 0.25) is 0 Å². The fraction of sp³-hybridized carbons (Fsp3) is 0.280. The standard InChI is InChI=1S/C25H31N3O2/c1-5-15-27(16-6-2)25(30)19-28(18-22-11-8-7-9-12-22)20(3)23-13-10-14-24(17-23)26-21(4)29/h5-14,17,20H,1-2,15-16,18-19H2,3-4H3,(H,26,29). The van der Waals surface area contributed by atoms with Crippen molar-refractivity contribution in [2.45, 2.75) is 26.4 Å². The topological polar surface area (TPSA) is 52.7 Å². The van der Waals surface area contributed by atoms with E-state index in [2.05, 4.69) is 42.4 Å². The summed E-state index contributed by atoms with van der Waals surface area (Å²) in [6, 6.07) is 17.8. The lowest BCUT2D eigenvalue weighted by molar-refractivity contribution is -0.132. The first-order valence-electron chi connectivity index (χ1n) is 10.1. The van der Waals surface area contributed by atoms with Crippen molar-refractivity contribution in [3.05, 3.63) is 91.0 Å². The molecule has 0 aliphatic rings. The summed E-state index contributed by atoms with van der Waals surface area (Å²) in [5.74, 6) is -0.0868. The predicted molar refractivity (Wildman–Crippen MR) is 123 cm³/mol. The molecule has 0 radical (unpaired) electrons. The van der Waals surface area contributed by atoms with Gasteiger partial charge in [-0.05, 0) is 30.2 Å². The normalized spacial score (nSPS) is 11.6. The molecule has 2 aromatic carbocycles. The average molecular weight is 406 g/mol. The summed E-state index contributed by atoms with van der Waals surface area (Å²) < 4.78 is 0. The molecule has 0 fully saturated rings. The van der Waals surface area contributed by atoms with Gasteiger partial charge < -0.3 is 10.2 Å². The minimum atomic E-state index is -0.111. The van der Waals surface area contributed by atoms with Gasteiger partial charge in [0.05, 0.1) is 6.54 Å². The Morgan fingerprint density at radius 1 is 1.03 bits per heavy atom. The molecule has 0 spiro atoms. The quantitative estimate of drug-likeness (QED) is 0.564. The number of carbonyl (C=O) groups is 2. The fourth-order valence-corrected chi connectivity index (χ4v) is 3.30. The zero-order valence-corrected chi connectivity index (χ0v) is 17.9. The highest BCUT2D eigenvalue weighted by Crippen LogP contribution is 2.25. The number of anilines is 1. The van der Waals surface area contributed by atoms with Crippen LogP contribution in [0.3, 0.4) is 0 Å². The van der Waals surface area contributed by atoms with Gasteiger partial charge in [-0.3, -0.25) is 14.5 Å². The van der Waals surface area contributed by atoms with Crippen LogP contribution in [0.1, 0.15) is 31.0 Å². The van der Waals surface area contributed by atoms with Crippen LogP contribution in [0, 0.1) is 0 Å². The van der Waals surface area contributed by atoms with E-state index in [9.17, 15) is 9.59 Å². The Kier molecular flexibility index (Phi) is 9.03. The molecule has 0 saturated heterocycles. The van der Waals surface area contributed by atoms with Crippen molar-refractivity contribution in [3.8, 4) is 0 Å². The lowest BCUT2D eigenvalue weighted by atomic mass is 10.0. The zero-order chi connectivity index (χ0) is 21.9. The number of benzene rings is 2. The summed E-state index contributed by atoms with van der Waals surface area (Å²) >= 11 is 0. The van der Waals surface area contributed by atoms with E-state index in [1.54, 1.807) is 17.1 Å². The number of nitrogens with zero attached hydrogens (tertiary/aromatic N) is 2. The van der Waals surface area contributed by atoms with E-state index in [1.807, 2.05) is 42.5 Å². The first-order chi connectivity index (χ1) is 14.4. The second-order valence-corrected chi connectivity index (χ2v) is 7.25. The Morgan fingerprint density at radius 3 is 2.30 bits per heavy atom. The number of hydrogen-bond acceptors (Lipinski definition) is 3. The molecule has 30 heavy (non-hydrogen) atoms. The Morgan fingerprint density at radius 2 is 1.70 bits per heavy atom. The van der Waals surface area contributed by atoms with Crippen molar-refractivity contribution in [1.29, 1.82) is 0 Å². The van der Waals surface area contributed by atoms with Crippen LogP contribution in [-0.2, 0) is 16.1 Å². The highest BCUT2D eigenvalue weighted by atomic mass is 16.2. The van der Waals surface area contributed by atoms with Gasteiger partial charge >= 0.3 is 0 Å². The first kappa shape index (κ1) is 23.1. The third kappa shape index (κ3) is 7.01. The SMILES string of the molecule is C=CCN(CC=C)C(=O)CN(Cc1ccccc1)C(C)c1cccc(NC(C)=O)c1. The fourth-order valence-electron chi connectivity index (χ4n) is 3.30. The molecule has 0 aromatic heterocycles. The number of rotatable bonds is 11. The van der Waals surface area contributed by atoms with Gasteiger partial charge in [0, 0.05) is 38.3 Å². The largest absolute Gasteiger partial charge is 0.334 e. The Hall–Kier alpha value is -3.18. The molecular weight excluding hydrogens is 374 g/mol. The maximum atomic E-state index is 13.0. The molecule has 1 atom stereocenters. The lowest BCUT2D eigenvalue weighted by Crippen LogP contribution is -2.41. The highest BCUT2D eigenvalue weighted by molar-refractivity contribution is 5.88. The molecule has 2 amide bonds. The monoisotopic (exact) mass is 405 g/mol. The van der Waals surface area contributed by atoms with Crippen LogP contribution in [0.5, 0.6) is 0 Å². The second kappa shape index (κ2) is 11.7. The molecule has 158 valence electrons. The third-order valence-corrected chi connectivity index (χ3v) is 4.86. The van der Waals surface area contributed by atoms with Gasteiger partial charge in [0.25, 0.3) is 0 Å². The molecular formula is C25H31N3O2. The minimum absolute atomic E-state index is 0.0237. The maximum absolute atomic E-state index is 13.0. The van der Waals surface area contributed by atoms with E-state index in [-0.39, 0.29) is 24.4 Å². The number of amides is 2. The maximum Gasteiger partial charge on any atom is 0.237 e. The van der Waals surface area contributed by atoms with Crippen LogP contribution in [0.4, 0.5) is 5.69 Å². The summed E-state index contributed by atoms with van der Waals surface area (Å²) in [5, 5.41) is 2.83. The van der Waals surface area contributed by atoms with Gasteiger partial charge in [-0.15, -0.1) is 13.2 Å². The molecule has 1 unspecified atom stereocenters. The van der Waals surface area contributed by atoms with Crippen LogP contribution >= 0.6 is 0 Å². The third-order valence-electron chi connectivity index (χ3n) is 4.86. The van der Waals surface area contributed by atoms with Crippen LogP contribution in [-0.4, -0.2) is 41.2 Å². The number of carbonyl (C=O) groups excluding carboxylic acids is 2. The van der Waals surface area contributed by atoms with Gasteiger partial charge in [-0.2, -0.15) is 0 Å². The molecule has 0 aliphatic carbocycles.